The predicted molar refractivity (Wildman–Crippen MR) is 108 cm³/mol. The molecule has 1 saturated heterocycles. The molecule has 27 heavy (non-hydrogen) atoms. The van der Waals surface area contributed by atoms with Crippen LogP contribution in [0.25, 0.3) is 33.1 Å². The van der Waals surface area contributed by atoms with E-state index >= 15 is 0 Å². The number of phenols is 1. The Kier molecular flexibility index (Phi) is 3.72. The number of aromatic hydroxyl groups is 1. The number of benzene rings is 2. The van der Waals surface area contributed by atoms with Crippen molar-refractivity contribution in [3.05, 3.63) is 48.7 Å². The number of fused-ring (bicyclic) bond motifs is 3. The van der Waals surface area contributed by atoms with Gasteiger partial charge in [0.15, 0.2) is 0 Å². The average Bonchev–Trinajstić information content (AvgIpc) is 3.17. The largest absolute Gasteiger partial charge is 0.508 e. The zero-order valence-electron chi connectivity index (χ0n) is 15.2. The first-order valence-electron chi connectivity index (χ1n) is 9.19. The standard InChI is InChI=1S/C21H21N5O/c1-25-8-10-26(11-9-25)20-12-19(14-2-4-15(27)5-3-14)23-18-7-6-17-16(21(18)20)13-22-24-17/h2-7,12-13,27H,8-11H2,1H3,(H,22,24). The Balaban J connectivity index is 1.74. The lowest BCUT2D eigenvalue weighted by Gasteiger charge is -2.35. The molecule has 1 aliphatic rings. The van der Waals surface area contributed by atoms with E-state index in [1.165, 1.54) is 5.69 Å². The summed E-state index contributed by atoms with van der Waals surface area (Å²) in [5.74, 6) is 0.263. The molecule has 5 rings (SSSR count). The van der Waals surface area contributed by atoms with Crippen LogP contribution in [0, 0.1) is 0 Å². The summed E-state index contributed by atoms with van der Waals surface area (Å²) in [6.07, 6.45) is 1.89. The van der Waals surface area contributed by atoms with Gasteiger partial charge in [-0.15, -0.1) is 0 Å². The fraction of sp³-hybridized carbons (Fsp3) is 0.238. The second kappa shape index (κ2) is 6.25. The van der Waals surface area contributed by atoms with Crippen LogP contribution in [0.15, 0.2) is 48.7 Å². The maximum absolute atomic E-state index is 9.61. The molecule has 2 aromatic carbocycles. The molecule has 4 aromatic rings. The molecule has 1 fully saturated rings. The van der Waals surface area contributed by atoms with E-state index in [9.17, 15) is 5.11 Å². The molecular weight excluding hydrogens is 338 g/mol. The van der Waals surface area contributed by atoms with Crippen molar-refractivity contribution < 1.29 is 5.11 Å². The number of H-pyrrole nitrogens is 1. The van der Waals surface area contributed by atoms with Crippen LogP contribution in [0.2, 0.25) is 0 Å². The van der Waals surface area contributed by atoms with Crippen molar-refractivity contribution in [1.29, 1.82) is 0 Å². The monoisotopic (exact) mass is 359 g/mol. The molecule has 2 N–H and O–H groups in total. The van der Waals surface area contributed by atoms with Gasteiger partial charge in [-0.25, -0.2) is 4.98 Å². The van der Waals surface area contributed by atoms with Crippen LogP contribution in [0.3, 0.4) is 0 Å². The van der Waals surface area contributed by atoms with Crippen LogP contribution in [0.5, 0.6) is 5.75 Å². The van der Waals surface area contributed by atoms with Gasteiger partial charge in [-0.3, -0.25) is 5.10 Å². The Morgan fingerprint density at radius 1 is 1.00 bits per heavy atom. The Morgan fingerprint density at radius 3 is 2.56 bits per heavy atom. The van der Waals surface area contributed by atoms with Crippen molar-refractivity contribution in [2.24, 2.45) is 0 Å². The lowest BCUT2D eigenvalue weighted by molar-refractivity contribution is 0.313. The highest BCUT2D eigenvalue weighted by Gasteiger charge is 2.20. The second-order valence-electron chi connectivity index (χ2n) is 7.15. The fourth-order valence-electron chi connectivity index (χ4n) is 3.81. The molecule has 0 radical (unpaired) electrons. The van der Waals surface area contributed by atoms with Gasteiger partial charge in [0.25, 0.3) is 0 Å². The van der Waals surface area contributed by atoms with Crippen LogP contribution in [-0.4, -0.2) is 58.4 Å². The summed E-state index contributed by atoms with van der Waals surface area (Å²) in [7, 11) is 2.16. The molecule has 6 heteroatoms. The molecule has 0 aliphatic carbocycles. The third-order valence-electron chi connectivity index (χ3n) is 5.38. The number of piperazine rings is 1. The van der Waals surface area contributed by atoms with Crippen molar-refractivity contribution in [1.82, 2.24) is 20.1 Å². The molecule has 6 nitrogen and oxygen atoms in total. The number of nitrogens with one attached hydrogen (secondary N) is 1. The van der Waals surface area contributed by atoms with Gasteiger partial charge in [0, 0.05) is 48.2 Å². The Bertz CT molecular complexity index is 1110. The number of pyridine rings is 1. The smallest absolute Gasteiger partial charge is 0.115 e. The van der Waals surface area contributed by atoms with Gasteiger partial charge >= 0.3 is 0 Å². The van der Waals surface area contributed by atoms with Gasteiger partial charge in [0.2, 0.25) is 0 Å². The summed E-state index contributed by atoms with van der Waals surface area (Å²) in [6.45, 7) is 4.05. The number of aromatic amines is 1. The van der Waals surface area contributed by atoms with Gasteiger partial charge in [-0.1, -0.05) is 0 Å². The highest BCUT2D eigenvalue weighted by atomic mass is 16.3. The van der Waals surface area contributed by atoms with Gasteiger partial charge in [-0.05, 0) is 49.5 Å². The summed E-state index contributed by atoms with van der Waals surface area (Å²) in [5, 5.41) is 19.2. The van der Waals surface area contributed by atoms with Crippen LogP contribution in [0.1, 0.15) is 0 Å². The highest BCUT2D eigenvalue weighted by molar-refractivity contribution is 6.12. The number of hydrogen-bond acceptors (Lipinski definition) is 5. The molecule has 136 valence electrons. The Hall–Kier alpha value is -3.12. The van der Waals surface area contributed by atoms with Gasteiger partial charge < -0.3 is 14.9 Å². The predicted octanol–water partition coefficient (Wildman–Crippen LogP) is 3.24. The van der Waals surface area contributed by atoms with E-state index in [0.717, 1.165) is 59.2 Å². The molecule has 0 atom stereocenters. The van der Waals surface area contributed by atoms with Gasteiger partial charge in [0.05, 0.1) is 22.9 Å². The number of rotatable bonds is 2. The van der Waals surface area contributed by atoms with E-state index in [1.54, 1.807) is 12.1 Å². The lowest BCUT2D eigenvalue weighted by atomic mass is 10.0. The number of likely N-dealkylation sites (N-methyl/N-ethyl adjacent to an activating group) is 1. The zero-order chi connectivity index (χ0) is 18.4. The lowest BCUT2D eigenvalue weighted by Crippen LogP contribution is -2.44. The molecule has 3 heterocycles. The Labute approximate surface area is 157 Å². The fourth-order valence-corrected chi connectivity index (χ4v) is 3.81. The molecule has 0 unspecified atom stereocenters. The van der Waals surface area contributed by atoms with E-state index in [2.05, 4.69) is 39.2 Å². The van der Waals surface area contributed by atoms with E-state index in [-0.39, 0.29) is 5.75 Å². The molecule has 0 bridgehead atoms. The molecule has 0 spiro atoms. The second-order valence-corrected chi connectivity index (χ2v) is 7.15. The first-order chi connectivity index (χ1) is 13.2. The van der Waals surface area contributed by atoms with E-state index < -0.39 is 0 Å². The minimum Gasteiger partial charge on any atom is -0.508 e. The van der Waals surface area contributed by atoms with E-state index in [1.807, 2.05) is 24.4 Å². The van der Waals surface area contributed by atoms with E-state index in [0.29, 0.717) is 0 Å². The minimum absolute atomic E-state index is 0.263. The summed E-state index contributed by atoms with van der Waals surface area (Å²) in [5.41, 5.74) is 5.10. The minimum atomic E-state index is 0.263. The van der Waals surface area contributed by atoms with Crippen LogP contribution in [0.4, 0.5) is 5.69 Å². The van der Waals surface area contributed by atoms with Gasteiger partial charge in [-0.2, -0.15) is 5.10 Å². The maximum Gasteiger partial charge on any atom is 0.115 e. The van der Waals surface area contributed by atoms with E-state index in [4.69, 9.17) is 4.98 Å². The number of hydrogen-bond donors (Lipinski definition) is 2. The molecule has 0 saturated carbocycles. The van der Waals surface area contributed by atoms with Crippen molar-refractivity contribution in [2.45, 2.75) is 0 Å². The summed E-state index contributed by atoms with van der Waals surface area (Å²) in [6, 6.07) is 13.5. The SMILES string of the molecule is CN1CCN(c2cc(-c3ccc(O)cc3)nc3ccc4[nH]ncc4c23)CC1. The quantitative estimate of drug-likeness (QED) is 0.575. The van der Waals surface area contributed by atoms with Gasteiger partial charge in [0.1, 0.15) is 5.75 Å². The first-order valence-corrected chi connectivity index (χ1v) is 9.19. The van der Waals surface area contributed by atoms with Crippen LogP contribution < -0.4 is 4.90 Å². The highest BCUT2D eigenvalue weighted by Crippen LogP contribution is 2.36. The third kappa shape index (κ3) is 2.78. The number of nitrogens with zero attached hydrogens (tertiary/aromatic N) is 4. The van der Waals surface area contributed by atoms with Crippen molar-refractivity contribution >= 4 is 27.5 Å². The molecular formula is C21H21N5O. The number of anilines is 1. The normalized spacial score (nSPS) is 15.7. The van der Waals surface area contributed by atoms with Crippen molar-refractivity contribution in [3.8, 4) is 17.0 Å². The number of phenolic OH excluding ortho intramolecular Hbond substituents is 1. The maximum atomic E-state index is 9.61. The summed E-state index contributed by atoms with van der Waals surface area (Å²) >= 11 is 0. The van der Waals surface area contributed by atoms with Crippen molar-refractivity contribution in [2.75, 3.05) is 38.1 Å². The Morgan fingerprint density at radius 2 is 1.78 bits per heavy atom. The summed E-state index contributed by atoms with van der Waals surface area (Å²) < 4.78 is 0. The number of aromatic nitrogens is 3. The average molecular weight is 359 g/mol. The topological polar surface area (TPSA) is 68.3 Å². The molecule has 0 amide bonds. The van der Waals surface area contributed by atoms with Crippen LogP contribution in [-0.2, 0) is 0 Å². The van der Waals surface area contributed by atoms with Crippen molar-refractivity contribution in [3.63, 3.8) is 0 Å². The molecule has 1 aliphatic heterocycles. The zero-order valence-corrected chi connectivity index (χ0v) is 15.2. The first kappa shape index (κ1) is 16.1. The third-order valence-corrected chi connectivity index (χ3v) is 5.38. The van der Waals surface area contributed by atoms with Crippen LogP contribution >= 0.6 is 0 Å². The summed E-state index contributed by atoms with van der Waals surface area (Å²) in [4.78, 5) is 9.72. The molecule has 2 aromatic heterocycles.